The number of nitrogens with one attached hydrogen (secondary N) is 1. The van der Waals surface area contributed by atoms with Gasteiger partial charge in [-0.15, -0.1) is 0 Å². The van der Waals surface area contributed by atoms with Crippen LogP contribution in [-0.4, -0.2) is 20.3 Å². The van der Waals surface area contributed by atoms with E-state index >= 15 is 0 Å². The van der Waals surface area contributed by atoms with E-state index in [9.17, 15) is 0 Å². The van der Waals surface area contributed by atoms with Crippen molar-refractivity contribution in [3.8, 4) is 11.5 Å². The van der Waals surface area contributed by atoms with Crippen LogP contribution in [0.2, 0.25) is 5.02 Å². The Morgan fingerprint density at radius 1 is 1.24 bits per heavy atom. The van der Waals surface area contributed by atoms with E-state index in [4.69, 9.17) is 21.1 Å². The number of methoxy groups -OCH3 is 2. The number of hydrogen-bond donors (Lipinski definition) is 1. The van der Waals surface area contributed by atoms with Crippen LogP contribution in [0.4, 0.5) is 0 Å². The minimum absolute atomic E-state index is 0.583. The summed E-state index contributed by atoms with van der Waals surface area (Å²) in [7, 11) is 3.24. The van der Waals surface area contributed by atoms with Crippen LogP contribution in [-0.2, 0) is 6.54 Å². The molecule has 1 N–H and O–H groups in total. The average molecular weight is 312 g/mol. The Morgan fingerprint density at radius 3 is 2.57 bits per heavy atom. The van der Waals surface area contributed by atoms with Gasteiger partial charge in [0, 0.05) is 12.6 Å². The van der Waals surface area contributed by atoms with Crippen molar-refractivity contribution in [2.75, 3.05) is 14.2 Å². The number of halogens is 1. The van der Waals surface area contributed by atoms with E-state index in [1.165, 1.54) is 19.3 Å². The molecule has 0 amide bonds. The van der Waals surface area contributed by atoms with Gasteiger partial charge in [-0.2, -0.15) is 0 Å². The molecular formula is C17H26ClNO2. The first-order valence-electron chi connectivity index (χ1n) is 7.75. The van der Waals surface area contributed by atoms with E-state index in [-0.39, 0.29) is 0 Å². The smallest absolute Gasteiger partial charge is 0.179 e. The Hall–Kier alpha value is -0.930. The molecule has 1 aromatic rings. The van der Waals surface area contributed by atoms with Crippen LogP contribution < -0.4 is 14.8 Å². The van der Waals surface area contributed by atoms with Crippen molar-refractivity contribution in [3.63, 3.8) is 0 Å². The maximum atomic E-state index is 6.43. The van der Waals surface area contributed by atoms with Crippen molar-refractivity contribution in [2.45, 2.75) is 45.7 Å². The van der Waals surface area contributed by atoms with Gasteiger partial charge in [0.05, 0.1) is 19.2 Å². The van der Waals surface area contributed by atoms with Gasteiger partial charge in [-0.3, -0.25) is 0 Å². The first-order valence-corrected chi connectivity index (χ1v) is 8.12. The largest absolute Gasteiger partial charge is 0.493 e. The van der Waals surface area contributed by atoms with Gasteiger partial charge in [0.15, 0.2) is 11.5 Å². The summed E-state index contributed by atoms with van der Waals surface area (Å²) in [6.07, 6.45) is 3.86. The minimum atomic E-state index is 0.583. The Balaban J connectivity index is 2.04. The quantitative estimate of drug-likeness (QED) is 0.851. The highest BCUT2D eigenvalue weighted by Crippen LogP contribution is 2.38. The fourth-order valence-electron chi connectivity index (χ4n) is 3.42. The SMILES string of the molecule is CCC1CCC(NCc2ccc(OC)c(OC)c2Cl)C1C. The lowest BCUT2D eigenvalue weighted by Gasteiger charge is -2.22. The molecule has 3 atom stereocenters. The van der Waals surface area contributed by atoms with Crippen LogP contribution in [0.3, 0.4) is 0 Å². The number of ether oxygens (including phenoxy) is 2. The molecule has 0 bridgehead atoms. The molecule has 0 saturated heterocycles. The molecule has 118 valence electrons. The third-order valence-corrected chi connectivity index (χ3v) is 5.29. The summed E-state index contributed by atoms with van der Waals surface area (Å²) in [6.45, 7) is 5.41. The topological polar surface area (TPSA) is 30.5 Å². The van der Waals surface area contributed by atoms with Gasteiger partial charge in [-0.25, -0.2) is 0 Å². The summed E-state index contributed by atoms with van der Waals surface area (Å²) >= 11 is 6.43. The van der Waals surface area contributed by atoms with Crippen LogP contribution in [0, 0.1) is 11.8 Å². The van der Waals surface area contributed by atoms with Crippen LogP contribution >= 0.6 is 11.6 Å². The van der Waals surface area contributed by atoms with Gasteiger partial charge >= 0.3 is 0 Å². The molecule has 0 aliphatic heterocycles. The second-order valence-corrected chi connectivity index (χ2v) is 6.24. The molecule has 21 heavy (non-hydrogen) atoms. The minimum Gasteiger partial charge on any atom is -0.493 e. The third kappa shape index (κ3) is 3.46. The van der Waals surface area contributed by atoms with Gasteiger partial charge in [0.25, 0.3) is 0 Å². The fraction of sp³-hybridized carbons (Fsp3) is 0.647. The van der Waals surface area contributed by atoms with Crippen molar-refractivity contribution in [2.24, 2.45) is 11.8 Å². The zero-order valence-corrected chi connectivity index (χ0v) is 14.2. The molecule has 3 unspecified atom stereocenters. The molecule has 0 radical (unpaired) electrons. The van der Waals surface area contributed by atoms with Crippen molar-refractivity contribution in [1.29, 1.82) is 0 Å². The summed E-state index contributed by atoms with van der Waals surface area (Å²) in [6, 6.07) is 4.50. The van der Waals surface area contributed by atoms with Gasteiger partial charge in [-0.1, -0.05) is 37.9 Å². The second kappa shape index (κ2) is 7.37. The first-order chi connectivity index (χ1) is 10.1. The zero-order chi connectivity index (χ0) is 15.4. The summed E-state index contributed by atoms with van der Waals surface area (Å²) in [4.78, 5) is 0. The Labute approximate surface area is 133 Å². The molecule has 3 nitrogen and oxygen atoms in total. The fourth-order valence-corrected chi connectivity index (χ4v) is 3.72. The molecule has 4 heteroatoms. The average Bonchev–Trinajstić information content (AvgIpc) is 2.86. The molecular weight excluding hydrogens is 286 g/mol. The molecule has 2 rings (SSSR count). The first kappa shape index (κ1) is 16.4. The Kier molecular flexibility index (Phi) is 5.77. The molecule has 0 spiro atoms. The van der Waals surface area contributed by atoms with Gasteiger partial charge < -0.3 is 14.8 Å². The number of benzene rings is 1. The third-order valence-electron chi connectivity index (χ3n) is 4.87. The standard InChI is InChI=1S/C17H26ClNO2/c1-5-12-6-8-14(11(12)2)19-10-13-7-9-15(20-3)17(21-4)16(13)18/h7,9,11-12,14,19H,5-6,8,10H2,1-4H3. The summed E-state index contributed by atoms with van der Waals surface area (Å²) in [5, 5.41) is 4.30. The van der Waals surface area contributed by atoms with E-state index in [1.54, 1.807) is 14.2 Å². The van der Waals surface area contributed by atoms with Gasteiger partial charge in [0.2, 0.25) is 0 Å². The molecule has 0 aromatic heterocycles. The predicted molar refractivity (Wildman–Crippen MR) is 87.4 cm³/mol. The van der Waals surface area contributed by atoms with E-state index in [0.717, 1.165) is 23.9 Å². The zero-order valence-electron chi connectivity index (χ0n) is 13.4. The normalized spacial score (nSPS) is 25.1. The van der Waals surface area contributed by atoms with E-state index in [2.05, 4.69) is 19.2 Å². The van der Waals surface area contributed by atoms with Gasteiger partial charge in [0.1, 0.15) is 0 Å². The van der Waals surface area contributed by atoms with E-state index in [0.29, 0.717) is 22.6 Å². The highest BCUT2D eigenvalue weighted by Gasteiger charge is 2.31. The molecule has 1 aliphatic carbocycles. The molecule has 1 aromatic carbocycles. The molecule has 1 saturated carbocycles. The van der Waals surface area contributed by atoms with Crippen LogP contribution in [0.25, 0.3) is 0 Å². The summed E-state index contributed by atoms with van der Waals surface area (Å²) in [5.74, 6) is 2.87. The Morgan fingerprint density at radius 2 is 2.00 bits per heavy atom. The monoisotopic (exact) mass is 311 g/mol. The Bertz CT molecular complexity index is 478. The maximum absolute atomic E-state index is 6.43. The lowest BCUT2D eigenvalue weighted by atomic mass is 9.93. The maximum Gasteiger partial charge on any atom is 0.179 e. The van der Waals surface area contributed by atoms with Crippen LogP contribution in [0.1, 0.15) is 38.7 Å². The van der Waals surface area contributed by atoms with Crippen molar-refractivity contribution in [1.82, 2.24) is 5.32 Å². The highest BCUT2D eigenvalue weighted by molar-refractivity contribution is 6.33. The predicted octanol–water partition coefficient (Wildman–Crippen LogP) is 4.27. The van der Waals surface area contributed by atoms with E-state index in [1.807, 2.05) is 12.1 Å². The van der Waals surface area contributed by atoms with Crippen LogP contribution in [0.5, 0.6) is 11.5 Å². The van der Waals surface area contributed by atoms with Crippen LogP contribution in [0.15, 0.2) is 12.1 Å². The summed E-state index contributed by atoms with van der Waals surface area (Å²) < 4.78 is 10.6. The van der Waals surface area contributed by atoms with Crippen molar-refractivity contribution >= 4 is 11.6 Å². The number of rotatable bonds is 6. The summed E-state index contributed by atoms with van der Waals surface area (Å²) in [5.41, 5.74) is 1.06. The molecule has 1 fully saturated rings. The van der Waals surface area contributed by atoms with E-state index < -0.39 is 0 Å². The molecule has 0 heterocycles. The lowest BCUT2D eigenvalue weighted by molar-refractivity contribution is 0.342. The van der Waals surface area contributed by atoms with Crippen molar-refractivity contribution in [3.05, 3.63) is 22.7 Å². The highest BCUT2D eigenvalue weighted by atomic mass is 35.5. The molecule has 1 aliphatic rings. The lowest BCUT2D eigenvalue weighted by Crippen LogP contribution is -2.32. The van der Waals surface area contributed by atoms with Gasteiger partial charge in [-0.05, 0) is 36.3 Å². The van der Waals surface area contributed by atoms with Crippen molar-refractivity contribution < 1.29 is 9.47 Å². The second-order valence-electron chi connectivity index (χ2n) is 5.87. The number of hydrogen-bond acceptors (Lipinski definition) is 3.